The molecule has 0 aliphatic carbocycles. The fourth-order valence-electron chi connectivity index (χ4n) is 2.35. The number of hydrogen-bond acceptors (Lipinski definition) is 3. The number of aromatic nitrogens is 2. The Hall–Kier alpha value is -2.68. The van der Waals surface area contributed by atoms with Gasteiger partial charge in [0.05, 0.1) is 7.11 Å². The van der Waals surface area contributed by atoms with Crippen molar-refractivity contribution in [3.63, 3.8) is 0 Å². The number of benzene rings is 2. The summed E-state index contributed by atoms with van der Waals surface area (Å²) in [5, 5.41) is 0. The third-order valence-electron chi connectivity index (χ3n) is 3.46. The highest BCUT2D eigenvalue weighted by Gasteiger charge is 2.12. The average Bonchev–Trinajstić information content (AvgIpc) is 2.56. The molecule has 0 fully saturated rings. The summed E-state index contributed by atoms with van der Waals surface area (Å²) in [6.07, 6.45) is 3.32. The van der Waals surface area contributed by atoms with Gasteiger partial charge >= 0.3 is 0 Å². The summed E-state index contributed by atoms with van der Waals surface area (Å²) in [4.78, 5) is 8.66. The molecule has 3 heteroatoms. The molecule has 0 atom stereocenters. The van der Waals surface area contributed by atoms with E-state index in [0.717, 1.165) is 22.4 Å². The second kappa shape index (κ2) is 5.75. The SMILES string of the molecule is COc1nccnc1-c1cc(-c2ccccc2)ccc1C. The second-order valence-electron chi connectivity index (χ2n) is 4.81. The fraction of sp³-hybridized carbons (Fsp3) is 0.111. The Morgan fingerprint density at radius 3 is 2.38 bits per heavy atom. The molecule has 1 heterocycles. The summed E-state index contributed by atoms with van der Waals surface area (Å²) in [5.74, 6) is 0.547. The van der Waals surface area contributed by atoms with Crippen molar-refractivity contribution in [1.82, 2.24) is 9.97 Å². The van der Waals surface area contributed by atoms with Gasteiger partial charge in [-0.15, -0.1) is 0 Å². The minimum Gasteiger partial charge on any atom is -0.479 e. The Balaban J connectivity index is 2.15. The summed E-state index contributed by atoms with van der Waals surface area (Å²) in [5.41, 5.74) is 5.30. The van der Waals surface area contributed by atoms with E-state index in [2.05, 4.69) is 47.2 Å². The molecule has 0 N–H and O–H groups in total. The highest BCUT2D eigenvalue weighted by Crippen LogP contribution is 2.31. The molecule has 3 aromatic rings. The molecule has 0 saturated heterocycles. The average molecular weight is 276 g/mol. The molecule has 0 bridgehead atoms. The Bertz CT molecular complexity index is 754. The number of nitrogens with zero attached hydrogens (tertiary/aromatic N) is 2. The zero-order valence-electron chi connectivity index (χ0n) is 12.1. The van der Waals surface area contributed by atoms with Gasteiger partial charge in [0.25, 0.3) is 0 Å². The first-order valence-electron chi connectivity index (χ1n) is 6.81. The molecule has 0 spiro atoms. The lowest BCUT2D eigenvalue weighted by Gasteiger charge is -2.11. The third kappa shape index (κ3) is 2.63. The Labute approximate surface area is 124 Å². The van der Waals surface area contributed by atoms with E-state index in [1.54, 1.807) is 19.5 Å². The normalized spacial score (nSPS) is 10.4. The molecular formula is C18H16N2O. The van der Waals surface area contributed by atoms with Crippen LogP contribution in [0.25, 0.3) is 22.4 Å². The van der Waals surface area contributed by atoms with Crippen LogP contribution in [0.3, 0.4) is 0 Å². The quantitative estimate of drug-likeness (QED) is 0.721. The molecule has 0 aliphatic rings. The summed E-state index contributed by atoms with van der Waals surface area (Å²) in [6, 6.07) is 16.7. The largest absolute Gasteiger partial charge is 0.479 e. The van der Waals surface area contributed by atoms with Crippen LogP contribution in [0.15, 0.2) is 60.9 Å². The molecule has 0 saturated carbocycles. The van der Waals surface area contributed by atoms with Gasteiger partial charge in [0, 0.05) is 18.0 Å². The minimum absolute atomic E-state index is 0.547. The van der Waals surface area contributed by atoms with Gasteiger partial charge in [-0.05, 0) is 29.7 Å². The molecule has 1 aromatic heterocycles. The zero-order chi connectivity index (χ0) is 14.7. The van der Waals surface area contributed by atoms with Crippen LogP contribution in [0.4, 0.5) is 0 Å². The first-order chi connectivity index (χ1) is 10.3. The van der Waals surface area contributed by atoms with E-state index < -0.39 is 0 Å². The lowest BCUT2D eigenvalue weighted by atomic mass is 9.98. The molecule has 0 amide bonds. The van der Waals surface area contributed by atoms with E-state index in [1.165, 1.54) is 5.56 Å². The second-order valence-corrected chi connectivity index (χ2v) is 4.81. The van der Waals surface area contributed by atoms with Gasteiger partial charge in [0.15, 0.2) is 0 Å². The molecule has 104 valence electrons. The van der Waals surface area contributed by atoms with Gasteiger partial charge in [-0.2, -0.15) is 0 Å². The van der Waals surface area contributed by atoms with Gasteiger partial charge in [-0.1, -0.05) is 42.5 Å². The molecule has 2 aromatic carbocycles. The fourth-order valence-corrected chi connectivity index (χ4v) is 2.35. The van der Waals surface area contributed by atoms with E-state index in [9.17, 15) is 0 Å². The molecule has 3 nitrogen and oxygen atoms in total. The van der Waals surface area contributed by atoms with Gasteiger partial charge in [0.1, 0.15) is 5.69 Å². The standard InChI is InChI=1S/C18H16N2O/c1-13-8-9-15(14-6-4-3-5-7-14)12-16(13)17-18(21-2)20-11-10-19-17/h3-12H,1-2H3. The Morgan fingerprint density at radius 1 is 0.857 bits per heavy atom. The predicted octanol–water partition coefficient (Wildman–Crippen LogP) is 4.13. The predicted molar refractivity (Wildman–Crippen MR) is 84.2 cm³/mol. The van der Waals surface area contributed by atoms with Gasteiger partial charge < -0.3 is 4.74 Å². The highest BCUT2D eigenvalue weighted by atomic mass is 16.5. The third-order valence-corrected chi connectivity index (χ3v) is 3.46. The van der Waals surface area contributed by atoms with Gasteiger partial charge in [-0.3, -0.25) is 0 Å². The molecule has 0 unspecified atom stereocenters. The first kappa shape index (κ1) is 13.3. The van der Waals surface area contributed by atoms with Crippen LogP contribution >= 0.6 is 0 Å². The van der Waals surface area contributed by atoms with Crippen LogP contribution in [0.1, 0.15) is 5.56 Å². The maximum absolute atomic E-state index is 5.33. The van der Waals surface area contributed by atoms with E-state index in [1.807, 2.05) is 18.2 Å². The molecule has 0 aliphatic heterocycles. The summed E-state index contributed by atoms with van der Waals surface area (Å²) < 4.78 is 5.33. The Kier molecular flexibility index (Phi) is 3.65. The maximum Gasteiger partial charge on any atom is 0.240 e. The molecule has 21 heavy (non-hydrogen) atoms. The van der Waals surface area contributed by atoms with Crippen LogP contribution < -0.4 is 4.74 Å². The van der Waals surface area contributed by atoms with Crippen LogP contribution in [0, 0.1) is 6.92 Å². The van der Waals surface area contributed by atoms with Crippen LogP contribution in [-0.4, -0.2) is 17.1 Å². The van der Waals surface area contributed by atoms with Gasteiger partial charge in [0.2, 0.25) is 5.88 Å². The number of aryl methyl sites for hydroxylation is 1. The lowest BCUT2D eigenvalue weighted by Crippen LogP contribution is -1.95. The van der Waals surface area contributed by atoms with Crippen molar-refractivity contribution in [3.8, 4) is 28.3 Å². The van der Waals surface area contributed by atoms with E-state index >= 15 is 0 Å². The van der Waals surface area contributed by atoms with E-state index in [0.29, 0.717) is 5.88 Å². The summed E-state index contributed by atoms with van der Waals surface area (Å²) in [7, 11) is 1.61. The minimum atomic E-state index is 0.547. The number of ether oxygens (including phenoxy) is 1. The number of hydrogen-bond donors (Lipinski definition) is 0. The van der Waals surface area contributed by atoms with Crippen molar-refractivity contribution in [2.75, 3.05) is 7.11 Å². The zero-order valence-corrected chi connectivity index (χ0v) is 12.1. The van der Waals surface area contributed by atoms with Gasteiger partial charge in [-0.25, -0.2) is 9.97 Å². The molecule has 3 rings (SSSR count). The summed E-state index contributed by atoms with van der Waals surface area (Å²) >= 11 is 0. The van der Waals surface area contributed by atoms with Crippen molar-refractivity contribution in [3.05, 3.63) is 66.5 Å². The van der Waals surface area contributed by atoms with Crippen molar-refractivity contribution in [2.24, 2.45) is 0 Å². The topological polar surface area (TPSA) is 35.0 Å². The number of methoxy groups -OCH3 is 1. The summed E-state index contributed by atoms with van der Waals surface area (Å²) in [6.45, 7) is 2.07. The lowest BCUT2D eigenvalue weighted by molar-refractivity contribution is 0.397. The van der Waals surface area contributed by atoms with Crippen LogP contribution in [-0.2, 0) is 0 Å². The van der Waals surface area contributed by atoms with Crippen molar-refractivity contribution >= 4 is 0 Å². The van der Waals surface area contributed by atoms with Crippen molar-refractivity contribution in [1.29, 1.82) is 0 Å². The number of rotatable bonds is 3. The smallest absolute Gasteiger partial charge is 0.240 e. The molecule has 0 radical (unpaired) electrons. The Morgan fingerprint density at radius 2 is 1.62 bits per heavy atom. The van der Waals surface area contributed by atoms with Crippen LogP contribution in [0.5, 0.6) is 5.88 Å². The van der Waals surface area contributed by atoms with Crippen molar-refractivity contribution in [2.45, 2.75) is 6.92 Å². The van der Waals surface area contributed by atoms with Crippen LogP contribution in [0.2, 0.25) is 0 Å². The van der Waals surface area contributed by atoms with E-state index in [4.69, 9.17) is 4.74 Å². The van der Waals surface area contributed by atoms with Crippen molar-refractivity contribution < 1.29 is 4.74 Å². The van der Waals surface area contributed by atoms with E-state index in [-0.39, 0.29) is 0 Å². The first-order valence-corrected chi connectivity index (χ1v) is 6.81. The monoisotopic (exact) mass is 276 g/mol. The molecular weight excluding hydrogens is 260 g/mol. The maximum atomic E-state index is 5.33. The highest BCUT2D eigenvalue weighted by molar-refractivity contribution is 5.75.